The van der Waals surface area contributed by atoms with Gasteiger partial charge in [0.25, 0.3) is 0 Å². The zero-order chi connectivity index (χ0) is 25.4. The van der Waals surface area contributed by atoms with Gasteiger partial charge in [-0.1, -0.05) is 18.1 Å². The number of aromatic nitrogens is 3. The van der Waals surface area contributed by atoms with Crippen molar-refractivity contribution in [1.82, 2.24) is 20.1 Å². The number of para-hydroxylation sites is 1. The van der Waals surface area contributed by atoms with Crippen molar-refractivity contribution < 1.29 is 5.11 Å². The summed E-state index contributed by atoms with van der Waals surface area (Å²) in [5.74, 6) is 8.14. The van der Waals surface area contributed by atoms with E-state index in [1.165, 1.54) is 19.4 Å². The number of nitrogen functional groups attached to an aromatic ring is 1. The lowest BCUT2D eigenvalue weighted by Gasteiger charge is -2.29. The number of anilines is 3. The summed E-state index contributed by atoms with van der Waals surface area (Å²) in [6.45, 7) is 6.79. The van der Waals surface area contributed by atoms with Gasteiger partial charge in [-0.05, 0) is 68.4 Å². The van der Waals surface area contributed by atoms with Gasteiger partial charge in [0.15, 0.2) is 5.82 Å². The van der Waals surface area contributed by atoms with Gasteiger partial charge in [0.1, 0.15) is 11.4 Å². The quantitative estimate of drug-likeness (QED) is 0.532. The lowest BCUT2D eigenvalue weighted by molar-refractivity contribution is 0.268. The predicted octanol–water partition coefficient (Wildman–Crippen LogP) is 3.38. The molecule has 37 heavy (non-hydrogen) atoms. The highest BCUT2D eigenvalue weighted by Crippen LogP contribution is 2.40. The molecule has 1 saturated carbocycles. The Morgan fingerprint density at radius 1 is 1.08 bits per heavy atom. The van der Waals surface area contributed by atoms with Gasteiger partial charge >= 0.3 is 0 Å². The minimum Gasteiger partial charge on any atom is -0.507 e. The van der Waals surface area contributed by atoms with Gasteiger partial charge < -0.3 is 20.6 Å². The molecule has 4 fully saturated rings. The molecule has 0 radical (unpaired) electrons. The third-order valence-corrected chi connectivity index (χ3v) is 8.08. The van der Waals surface area contributed by atoms with Crippen molar-refractivity contribution in [2.75, 3.05) is 48.3 Å². The minimum absolute atomic E-state index is 0.178. The van der Waals surface area contributed by atoms with Crippen molar-refractivity contribution in [3.05, 3.63) is 54.4 Å². The Morgan fingerprint density at radius 3 is 2.76 bits per heavy atom. The molecule has 3 aromatic rings. The Labute approximate surface area is 218 Å². The maximum Gasteiger partial charge on any atom is 0.169 e. The van der Waals surface area contributed by atoms with Crippen LogP contribution in [0.4, 0.5) is 17.2 Å². The molecular weight excluding hydrogens is 462 g/mol. The van der Waals surface area contributed by atoms with Gasteiger partial charge in [0.2, 0.25) is 0 Å². The predicted molar refractivity (Wildman–Crippen MR) is 146 cm³/mol. The number of hydrogen-bond donors (Lipinski definition) is 2. The highest BCUT2D eigenvalue weighted by molar-refractivity contribution is 5.74. The van der Waals surface area contributed by atoms with Crippen molar-refractivity contribution >= 4 is 17.2 Å². The number of phenolic OH excluding ortho intramolecular Hbond substituents is 1. The third kappa shape index (κ3) is 4.79. The van der Waals surface area contributed by atoms with E-state index in [0.717, 1.165) is 61.6 Å². The molecule has 190 valence electrons. The number of fused-ring (bicyclic) bond motifs is 1. The van der Waals surface area contributed by atoms with Crippen LogP contribution in [0.2, 0.25) is 0 Å². The van der Waals surface area contributed by atoms with Crippen LogP contribution in [-0.2, 0) is 0 Å². The normalized spacial score (nSPS) is 23.2. The van der Waals surface area contributed by atoms with E-state index in [1.54, 1.807) is 12.1 Å². The Bertz CT molecular complexity index is 1340. The standard InChI is InChI=1S/C29H33N7O/c1-20-9-12-34(27-18-26(32-33-29(27)30)25-6-2-3-7-28(25)37)13-14-36(20)23-8-10-31-22(17-23)5-4-11-35-19-21-15-24(35)16-21/h2-3,6-8,10,17-18,20-21,24,37H,9,11-16,19H2,1H3,(H2,30,33)/t20-,21?,24?/m0/s1. The largest absolute Gasteiger partial charge is 0.507 e. The number of pyridine rings is 1. The summed E-state index contributed by atoms with van der Waals surface area (Å²) >= 11 is 0. The molecule has 3 saturated heterocycles. The first-order chi connectivity index (χ1) is 18.0. The molecule has 2 bridgehead atoms. The van der Waals surface area contributed by atoms with E-state index < -0.39 is 0 Å². The van der Waals surface area contributed by atoms with Crippen LogP contribution in [0.5, 0.6) is 5.75 Å². The molecule has 0 spiro atoms. The second-order valence-electron chi connectivity index (χ2n) is 10.5. The Morgan fingerprint density at radius 2 is 1.95 bits per heavy atom. The molecule has 0 unspecified atom stereocenters. The highest BCUT2D eigenvalue weighted by Gasteiger charge is 2.41. The van der Waals surface area contributed by atoms with Crippen LogP contribution in [0.1, 0.15) is 31.9 Å². The Hall–Kier alpha value is -3.83. The molecule has 3 N–H and O–H groups in total. The molecular formula is C29H33N7O. The fourth-order valence-electron chi connectivity index (χ4n) is 5.87. The van der Waals surface area contributed by atoms with E-state index in [1.807, 2.05) is 24.4 Å². The van der Waals surface area contributed by atoms with Crippen molar-refractivity contribution in [1.29, 1.82) is 0 Å². The summed E-state index contributed by atoms with van der Waals surface area (Å²) in [4.78, 5) is 11.7. The minimum atomic E-state index is 0.178. The Balaban J connectivity index is 1.17. The highest BCUT2D eigenvalue weighted by atomic mass is 16.3. The lowest BCUT2D eigenvalue weighted by Crippen LogP contribution is -2.35. The maximum absolute atomic E-state index is 10.3. The fourth-order valence-corrected chi connectivity index (χ4v) is 5.87. The van der Waals surface area contributed by atoms with E-state index in [0.29, 0.717) is 23.1 Å². The third-order valence-electron chi connectivity index (χ3n) is 8.08. The zero-order valence-electron chi connectivity index (χ0n) is 21.2. The second kappa shape index (κ2) is 9.91. The van der Waals surface area contributed by atoms with E-state index in [2.05, 4.69) is 60.8 Å². The number of aromatic hydroxyl groups is 1. The van der Waals surface area contributed by atoms with Crippen LogP contribution in [0.3, 0.4) is 0 Å². The second-order valence-corrected chi connectivity index (χ2v) is 10.5. The fraction of sp³-hybridized carbons (Fsp3) is 0.414. The van der Waals surface area contributed by atoms with E-state index in [4.69, 9.17) is 5.73 Å². The van der Waals surface area contributed by atoms with E-state index >= 15 is 0 Å². The van der Waals surface area contributed by atoms with Crippen LogP contribution in [0.25, 0.3) is 11.3 Å². The van der Waals surface area contributed by atoms with Gasteiger partial charge in [0.05, 0.1) is 17.9 Å². The maximum atomic E-state index is 10.3. The van der Waals surface area contributed by atoms with Crippen LogP contribution in [0.15, 0.2) is 48.7 Å². The average Bonchev–Trinajstić information content (AvgIpc) is 3.41. The first-order valence-electron chi connectivity index (χ1n) is 13.2. The molecule has 0 amide bonds. The summed E-state index contributed by atoms with van der Waals surface area (Å²) in [6.07, 6.45) is 5.55. The molecule has 5 heterocycles. The monoisotopic (exact) mass is 495 g/mol. The molecule has 2 aromatic heterocycles. The summed E-state index contributed by atoms with van der Waals surface area (Å²) in [5, 5.41) is 18.7. The lowest BCUT2D eigenvalue weighted by atomic mass is 9.86. The van der Waals surface area contributed by atoms with Crippen molar-refractivity contribution in [2.24, 2.45) is 5.92 Å². The molecule has 3 aliphatic heterocycles. The summed E-state index contributed by atoms with van der Waals surface area (Å²) in [5.41, 5.74) is 10.4. The average molecular weight is 496 g/mol. The molecule has 1 aliphatic carbocycles. The van der Waals surface area contributed by atoms with Crippen LogP contribution in [0, 0.1) is 17.8 Å². The van der Waals surface area contributed by atoms with Crippen molar-refractivity contribution in [3.63, 3.8) is 0 Å². The number of hydrogen-bond acceptors (Lipinski definition) is 8. The molecule has 4 aliphatic rings. The smallest absolute Gasteiger partial charge is 0.169 e. The number of rotatable bonds is 4. The molecule has 8 nitrogen and oxygen atoms in total. The molecule has 7 rings (SSSR count). The topological polar surface area (TPSA) is 94.6 Å². The number of nitrogens with two attached hydrogens (primary N) is 1. The van der Waals surface area contributed by atoms with Crippen LogP contribution < -0.4 is 15.5 Å². The summed E-state index contributed by atoms with van der Waals surface area (Å²) < 4.78 is 0. The summed E-state index contributed by atoms with van der Waals surface area (Å²) in [7, 11) is 0. The van der Waals surface area contributed by atoms with Gasteiger partial charge in [-0.3, -0.25) is 4.90 Å². The molecule has 1 aromatic carbocycles. The summed E-state index contributed by atoms with van der Waals surface area (Å²) in [6, 6.07) is 14.4. The van der Waals surface area contributed by atoms with Gasteiger partial charge in [-0.25, -0.2) is 4.98 Å². The first kappa shape index (κ1) is 23.6. The molecule has 1 atom stereocenters. The number of nitrogens with zero attached hydrogens (tertiary/aromatic N) is 6. The first-order valence-corrected chi connectivity index (χ1v) is 13.2. The van der Waals surface area contributed by atoms with Gasteiger partial charge in [-0.2, -0.15) is 0 Å². The Kier molecular flexibility index (Phi) is 6.31. The van der Waals surface area contributed by atoms with Gasteiger partial charge in [-0.15, -0.1) is 10.2 Å². The zero-order valence-corrected chi connectivity index (χ0v) is 21.2. The number of benzene rings is 1. The van der Waals surface area contributed by atoms with Crippen LogP contribution in [-0.4, -0.2) is 70.0 Å². The van der Waals surface area contributed by atoms with E-state index in [-0.39, 0.29) is 5.75 Å². The SMILES string of the molecule is C[C@H]1CCN(c2cc(-c3ccccc3O)nnc2N)CCN1c1ccnc(C#CCN2CC3CC2C3)c1. The van der Waals surface area contributed by atoms with Gasteiger partial charge in [0, 0.05) is 55.7 Å². The van der Waals surface area contributed by atoms with E-state index in [9.17, 15) is 5.11 Å². The van der Waals surface area contributed by atoms with Crippen molar-refractivity contribution in [2.45, 2.75) is 38.3 Å². The van der Waals surface area contributed by atoms with Crippen LogP contribution >= 0.6 is 0 Å². The number of phenols is 1. The van der Waals surface area contributed by atoms with Crippen molar-refractivity contribution in [3.8, 4) is 28.8 Å². The molecule has 8 heteroatoms.